The highest BCUT2D eigenvalue weighted by Gasteiger charge is 1.99. The first-order valence-electron chi connectivity index (χ1n) is 4.32. The maximum atomic E-state index is 8.59. The number of hydrogen-bond acceptors (Lipinski definition) is 1. The van der Waals surface area contributed by atoms with Crippen LogP contribution in [0.15, 0.2) is 12.1 Å². The van der Waals surface area contributed by atoms with Crippen molar-refractivity contribution in [1.29, 1.82) is 0 Å². The fourth-order valence-electron chi connectivity index (χ4n) is 1.51. The summed E-state index contributed by atoms with van der Waals surface area (Å²) >= 11 is 0. The van der Waals surface area contributed by atoms with E-state index in [-0.39, 0.29) is 6.61 Å². The molecule has 0 bridgehead atoms. The molecular weight excluding hydrogens is 160 g/mol. The second kappa shape index (κ2) is 4.11. The average Bonchev–Trinajstić information content (AvgIpc) is 2.02. The number of benzene rings is 1. The summed E-state index contributed by atoms with van der Waals surface area (Å²) in [4.78, 5) is 0. The Balaban J connectivity index is 3.21. The van der Waals surface area contributed by atoms with Crippen LogP contribution in [0.4, 0.5) is 0 Å². The molecule has 1 aromatic rings. The molecule has 68 valence electrons. The van der Waals surface area contributed by atoms with E-state index in [1.807, 2.05) is 13.8 Å². The monoisotopic (exact) mass is 174 g/mol. The summed E-state index contributed by atoms with van der Waals surface area (Å²) in [6.07, 6.45) is 0. The standard InChI is InChI=1S/C12H14O/c1-9-7-10(2)12(5-4-6-13)11(3)8-9/h7-8,13H,6H2,1-3H3. The predicted octanol–water partition coefficient (Wildman–Crippen LogP) is 1.96. The molecule has 0 aromatic heterocycles. The molecule has 0 heterocycles. The summed E-state index contributed by atoms with van der Waals surface area (Å²) in [5, 5.41) is 8.59. The van der Waals surface area contributed by atoms with E-state index in [1.165, 1.54) is 16.7 Å². The molecule has 1 aromatic carbocycles. The molecule has 0 saturated heterocycles. The summed E-state index contributed by atoms with van der Waals surface area (Å²) in [7, 11) is 0. The number of aliphatic hydroxyl groups is 1. The van der Waals surface area contributed by atoms with Gasteiger partial charge in [-0.2, -0.15) is 0 Å². The van der Waals surface area contributed by atoms with Gasteiger partial charge in [-0.25, -0.2) is 0 Å². The van der Waals surface area contributed by atoms with Gasteiger partial charge in [0.2, 0.25) is 0 Å². The summed E-state index contributed by atoms with van der Waals surface area (Å²) in [6, 6.07) is 4.21. The first kappa shape index (κ1) is 9.83. The molecule has 0 spiro atoms. The van der Waals surface area contributed by atoms with Crippen molar-refractivity contribution in [3.63, 3.8) is 0 Å². The zero-order valence-corrected chi connectivity index (χ0v) is 8.31. The number of aliphatic hydroxyl groups excluding tert-OH is 1. The SMILES string of the molecule is Cc1cc(C)c(C#CCO)c(C)c1. The van der Waals surface area contributed by atoms with Gasteiger partial charge >= 0.3 is 0 Å². The molecular formula is C12H14O. The highest BCUT2D eigenvalue weighted by Crippen LogP contribution is 2.14. The summed E-state index contributed by atoms with van der Waals surface area (Å²) < 4.78 is 0. The normalized spacial score (nSPS) is 9.23. The third-order valence-electron chi connectivity index (χ3n) is 1.97. The van der Waals surface area contributed by atoms with Gasteiger partial charge < -0.3 is 5.11 Å². The molecule has 0 fully saturated rings. The van der Waals surface area contributed by atoms with Gasteiger partial charge in [0, 0.05) is 5.56 Å². The van der Waals surface area contributed by atoms with Gasteiger partial charge in [0.05, 0.1) is 0 Å². The number of aryl methyl sites for hydroxylation is 3. The molecule has 13 heavy (non-hydrogen) atoms. The molecule has 1 heteroatoms. The van der Waals surface area contributed by atoms with Crippen LogP contribution < -0.4 is 0 Å². The van der Waals surface area contributed by atoms with Gasteiger partial charge in [-0.3, -0.25) is 0 Å². The lowest BCUT2D eigenvalue weighted by molar-refractivity contribution is 0.350. The van der Waals surface area contributed by atoms with E-state index in [4.69, 9.17) is 5.11 Å². The van der Waals surface area contributed by atoms with Gasteiger partial charge in [-0.15, -0.1) is 0 Å². The molecule has 1 nitrogen and oxygen atoms in total. The summed E-state index contributed by atoms with van der Waals surface area (Å²) in [5.41, 5.74) is 4.65. The fourth-order valence-corrected chi connectivity index (χ4v) is 1.51. The van der Waals surface area contributed by atoms with Gasteiger partial charge in [-0.1, -0.05) is 29.5 Å². The smallest absolute Gasteiger partial charge is 0.104 e. The van der Waals surface area contributed by atoms with Crippen LogP contribution in [0.25, 0.3) is 0 Å². The van der Waals surface area contributed by atoms with Crippen molar-refractivity contribution in [3.05, 3.63) is 34.4 Å². The molecule has 1 N–H and O–H groups in total. The lowest BCUT2D eigenvalue weighted by atomic mass is 10.0. The Labute approximate surface area is 79.4 Å². The van der Waals surface area contributed by atoms with Crippen molar-refractivity contribution in [2.75, 3.05) is 6.61 Å². The van der Waals surface area contributed by atoms with Crippen LogP contribution in [-0.2, 0) is 0 Å². The van der Waals surface area contributed by atoms with Crippen LogP contribution in [0, 0.1) is 32.6 Å². The molecule has 0 saturated carbocycles. The van der Waals surface area contributed by atoms with E-state index in [0.29, 0.717) is 0 Å². The van der Waals surface area contributed by atoms with E-state index in [9.17, 15) is 0 Å². The van der Waals surface area contributed by atoms with Crippen LogP contribution in [0.3, 0.4) is 0 Å². The topological polar surface area (TPSA) is 20.2 Å². The van der Waals surface area contributed by atoms with E-state index in [0.717, 1.165) is 5.56 Å². The Hall–Kier alpha value is -1.26. The van der Waals surface area contributed by atoms with Crippen molar-refractivity contribution in [2.45, 2.75) is 20.8 Å². The maximum absolute atomic E-state index is 8.59. The largest absolute Gasteiger partial charge is 0.384 e. The zero-order chi connectivity index (χ0) is 9.84. The van der Waals surface area contributed by atoms with Gasteiger partial charge in [-0.05, 0) is 31.9 Å². The Kier molecular flexibility index (Phi) is 3.11. The third-order valence-corrected chi connectivity index (χ3v) is 1.97. The minimum atomic E-state index is -0.0766. The van der Waals surface area contributed by atoms with Crippen LogP contribution in [-0.4, -0.2) is 11.7 Å². The van der Waals surface area contributed by atoms with Crippen molar-refractivity contribution in [2.24, 2.45) is 0 Å². The average molecular weight is 174 g/mol. The van der Waals surface area contributed by atoms with Gasteiger partial charge in [0.1, 0.15) is 6.61 Å². The highest BCUT2D eigenvalue weighted by molar-refractivity contribution is 5.48. The van der Waals surface area contributed by atoms with E-state index in [1.54, 1.807) is 0 Å². The minimum Gasteiger partial charge on any atom is -0.384 e. The minimum absolute atomic E-state index is 0.0766. The van der Waals surface area contributed by atoms with Crippen molar-refractivity contribution >= 4 is 0 Å². The lowest BCUT2D eigenvalue weighted by Gasteiger charge is -2.04. The Morgan fingerprint density at radius 2 is 1.69 bits per heavy atom. The fraction of sp³-hybridized carbons (Fsp3) is 0.333. The Morgan fingerprint density at radius 3 is 2.15 bits per heavy atom. The molecule has 1 rings (SSSR count). The van der Waals surface area contributed by atoms with Crippen LogP contribution in [0.5, 0.6) is 0 Å². The first-order chi connectivity index (χ1) is 6.15. The molecule has 0 unspecified atom stereocenters. The van der Waals surface area contributed by atoms with Crippen LogP contribution in [0.1, 0.15) is 22.3 Å². The number of rotatable bonds is 0. The molecule has 0 aliphatic rings. The predicted molar refractivity (Wildman–Crippen MR) is 54.6 cm³/mol. The lowest BCUT2D eigenvalue weighted by Crippen LogP contribution is -1.89. The first-order valence-corrected chi connectivity index (χ1v) is 4.32. The van der Waals surface area contributed by atoms with E-state index >= 15 is 0 Å². The van der Waals surface area contributed by atoms with E-state index < -0.39 is 0 Å². The second-order valence-corrected chi connectivity index (χ2v) is 3.23. The van der Waals surface area contributed by atoms with E-state index in [2.05, 4.69) is 30.9 Å². The van der Waals surface area contributed by atoms with Crippen molar-refractivity contribution in [1.82, 2.24) is 0 Å². The quantitative estimate of drug-likeness (QED) is 0.596. The van der Waals surface area contributed by atoms with Crippen LogP contribution >= 0.6 is 0 Å². The molecule has 0 atom stereocenters. The van der Waals surface area contributed by atoms with Crippen molar-refractivity contribution in [3.8, 4) is 11.8 Å². The second-order valence-electron chi connectivity index (χ2n) is 3.23. The Morgan fingerprint density at radius 1 is 1.15 bits per heavy atom. The zero-order valence-electron chi connectivity index (χ0n) is 8.31. The van der Waals surface area contributed by atoms with Crippen molar-refractivity contribution < 1.29 is 5.11 Å². The summed E-state index contributed by atoms with van der Waals surface area (Å²) in [5.74, 6) is 5.63. The maximum Gasteiger partial charge on any atom is 0.104 e. The third kappa shape index (κ3) is 2.34. The van der Waals surface area contributed by atoms with Gasteiger partial charge in [0.25, 0.3) is 0 Å². The molecule has 0 aliphatic carbocycles. The molecule has 0 amide bonds. The highest BCUT2D eigenvalue weighted by atomic mass is 16.2. The molecule has 0 aliphatic heterocycles. The van der Waals surface area contributed by atoms with Crippen LogP contribution in [0.2, 0.25) is 0 Å². The van der Waals surface area contributed by atoms with Gasteiger partial charge in [0.15, 0.2) is 0 Å². The summed E-state index contributed by atoms with van der Waals surface area (Å²) in [6.45, 7) is 6.08. The Bertz CT molecular complexity index is 343. The molecule has 0 radical (unpaired) electrons. The number of hydrogen-bond donors (Lipinski definition) is 1.